The number of piperidine rings is 1. The SMILES string of the molecule is CC(C)(C)OC(=O)NC1CCN(S(=O)(=O)Cc2ccc(N)cc2)CC1. The minimum atomic E-state index is -3.38. The van der Waals surface area contributed by atoms with E-state index in [1.165, 1.54) is 4.31 Å². The molecule has 1 heterocycles. The first-order chi connectivity index (χ1) is 11.5. The normalized spacial score (nSPS) is 17.2. The Bertz CT molecular complexity index is 688. The van der Waals surface area contributed by atoms with Crippen LogP contribution in [-0.2, 0) is 20.5 Å². The van der Waals surface area contributed by atoms with Gasteiger partial charge >= 0.3 is 6.09 Å². The largest absolute Gasteiger partial charge is 0.444 e. The van der Waals surface area contributed by atoms with E-state index in [-0.39, 0.29) is 11.8 Å². The van der Waals surface area contributed by atoms with Crippen molar-refractivity contribution in [3.8, 4) is 0 Å². The summed E-state index contributed by atoms with van der Waals surface area (Å²) in [6.45, 7) is 6.19. The Balaban J connectivity index is 1.86. The lowest BCUT2D eigenvalue weighted by Gasteiger charge is -2.32. The molecule has 7 nitrogen and oxygen atoms in total. The van der Waals surface area contributed by atoms with Gasteiger partial charge in [0.1, 0.15) is 5.60 Å². The van der Waals surface area contributed by atoms with E-state index in [9.17, 15) is 13.2 Å². The number of nitrogens with two attached hydrogens (primary N) is 1. The van der Waals surface area contributed by atoms with Crippen molar-refractivity contribution in [2.75, 3.05) is 18.8 Å². The molecule has 0 atom stereocenters. The van der Waals surface area contributed by atoms with Gasteiger partial charge in [-0.3, -0.25) is 0 Å². The van der Waals surface area contributed by atoms with E-state index < -0.39 is 21.7 Å². The fourth-order valence-electron chi connectivity index (χ4n) is 2.67. The Morgan fingerprint density at radius 1 is 1.24 bits per heavy atom. The molecule has 1 aromatic carbocycles. The number of hydrogen-bond donors (Lipinski definition) is 2. The smallest absolute Gasteiger partial charge is 0.407 e. The summed E-state index contributed by atoms with van der Waals surface area (Å²) in [4.78, 5) is 11.8. The van der Waals surface area contributed by atoms with Crippen LogP contribution in [0.15, 0.2) is 24.3 Å². The Morgan fingerprint density at radius 3 is 2.32 bits per heavy atom. The van der Waals surface area contributed by atoms with Gasteiger partial charge in [-0.2, -0.15) is 0 Å². The number of amides is 1. The number of anilines is 1. The van der Waals surface area contributed by atoms with Gasteiger partial charge in [-0.1, -0.05) is 12.1 Å². The minimum Gasteiger partial charge on any atom is -0.444 e. The van der Waals surface area contributed by atoms with Crippen LogP contribution >= 0.6 is 0 Å². The fraction of sp³-hybridized carbons (Fsp3) is 0.588. The number of sulfonamides is 1. The molecule has 2 rings (SSSR count). The van der Waals surface area contributed by atoms with E-state index >= 15 is 0 Å². The lowest BCUT2D eigenvalue weighted by molar-refractivity contribution is 0.0489. The molecule has 0 aliphatic carbocycles. The predicted octanol–water partition coefficient (Wildman–Crippen LogP) is 2.09. The zero-order chi connectivity index (χ0) is 18.7. The first kappa shape index (κ1) is 19.5. The number of benzene rings is 1. The lowest BCUT2D eigenvalue weighted by atomic mass is 10.1. The number of nitrogen functional groups attached to an aromatic ring is 1. The molecule has 0 unspecified atom stereocenters. The molecular weight excluding hydrogens is 342 g/mol. The van der Waals surface area contributed by atoms with Crippen molar-refractivity contribution in [3.05, 3.63) is 29.8 Å². The quantitative estimate of drug-likeness (QED) is 0.791. The van der Waals surface area contributed by atoms with E-state index in [1.54, 1.807) is 45.0 Å². The van der Waals surface area contributed by atoms with E-state index in [0.717, 1.165) is 0 Å². The minimum absolute atomic E-state index is 0.0442. The molecule has 0 radical (unpaired) electrons. The molecule has 8 heteroatoms. The first-order valence-electron chi connectivity index (χ1n) is 8.37. The van der Waals surface area contributed by atoms with Crippen molar-refractivity contribution in [1.29, 1.82) is 0 Å². The first-order valence-corrected chi connectivity index (χ1v) is 9.98. The monoisotopic (exact) mass is 369 g/mol. The zero-order valence-electron chi connectivity index (χ0n) is 15.0. The van der Waals surface area contributed by atoms with Gasteiger partial charge in [-0.05, 0) is 51.3 Å². The molecule has 1 saturated heterocycles. The third-order valence-electron chi connectivity index (χ3n) is 3.90. The fourth-order valence-corrected chi connectivity index (χ4v) is 4.23. The van der Waals surface area contributed by atoms with Crippen molar-refractivity contribution in [2.45, 2.75) is 51.0 Å². The van der Waals surface area contributed by atoms with Crippen molar-refractivity contribution < 1.29 is 17.9 Å². The molecule has 1 aliphatic rings. The number of ether oxygens (including phenoxy) is 1. The molecule has 3 N–H and O–H groups in total. The highest BCUT2D eigenvalue weighted by molar-refractivity contribution is 7.88. The Labute approximate surface area is 149 Å². The van der Waals surface area contributed by atoms with Crippen molar-refractivity contribution >= 4 is 21.8 Å². The average Bonchev–Trinajstić information content (AvgIpc) is 2.48. The van der Waals surface area contributed by atoms with Crippen LogP contribution in [0.1, 0.15) is 39.2 Å². The molecule has 0 spiro atoms. The maximum atomic E-state index is 12.5. The third kappa shape index (κ3) is 6.21. The van der Waals surface area contributed by atoms with Crippen LogP contribution in [0.25, 0.3) is 0 Å². The predicted molar refractivity (Wildman–Crippen MR) is 97.4 cm³/mol. The molecule has 1 aromatic rings. The Kier molecular flexibility index (Phi) is 5.95. The van der Waals surface area contributed by atoms with Gasteiger partial charge in [0, 0.05) is 24.8 Å². The van der Waals surface area contributed by atoms with E-state index in [1.807, 2.05) is 0 Å². The molecule has 1 amide bonds. The second-order valence-corrected chi connectivity index (χ2v) is 9.29. The van der Waals surface area contributed by atoms with Crippen LogP contribution < -0.4 is 11.1 Å². The topological polar surface area (TPSA) is 102 Å². The lowest BCUT2D eigenvalue weighted by Crippen LogP contribution is -2.47. The Hall–Kier alpha value is -1.80. The van der Waals surface area contributed by atoms with Crippen molar-refractivity contribution in [3.63, 3.8) is 0 Å². The molecule has 140 valence electrons. The number of carbonyl (C=O) groups is 1. The van der Waals surface area contributed by atoms with Crippen LogP contribution in [0.4, 0.5) is 10.5 Å². The van der Waals surface area contributed by atoms with Gasteiger partial charge in [-0.15, -0.1) is 0 Å². The second-order valence-electron chi connectivity index (χ2n) is 7.32. The maximum Gasteiger partial charge on any atom is 0.407 e. The van der Waals surface area contributed by atoms with Gasteiger partial charge in [0.25, 0.3) is 0 Å². The third-order valence-corrected chi connectivity index (χ3v) is 5.75. The molecule has 1 aliphatic heterocycles. The number of carbonyl (C=O) groups excluding carboxylic acids is 1. The summed E-state index contributed by atoms with van der Waals surface area (Å²) in [5.74, 6) is -0.0442. The van der Waals surface area contributed by atoms with Crippen LogP contribution in [0.3, 0.4) is 0 Å². The summed E-state index contributed by atoms with van der Waals surface area (Å²) >= 11 is 0. The number of alkyl carbamates (subject to hydrolysis) is 1. The highest BCUT2D eigenvalue weighted by atomic mass is 32.2. The molecule has 0 aromatic heterocycles. The van der Waals surface area contributed by atoms with Crippen LogP contribution in [-0.4, -0.2) is 43.5 Å². The molecule has 0 bridgehead atoms. The molecule has 0 saturated carbocycles. The summed E-state index contributed by atoms with van der Waals surface area (Å²) in [5.41, 5.74) is 6.39. The highest BCUT2D eigenvalue weighted by Gasteiger charge is 2.29. The summed E-state index contributed by atoms with van der Waals surface area (Å²) < 4.78 is 31.8. The number of nitrogens with zero attached hydrogens (tertiary/aromatic N) is 1. The molecule has 1 fully saturated rings. The van der Waals surface area contributed by atoms with Crippen molar-refractivity contribution in [1.82, 2.24) is 9.62 Å². The summed E-state index contributed by atoms with van der Waals surface area (Å²) in [6, 6.07) is 6.77. The number of rotatable bonds is 4. The van der Waals surface area contributed by atoms with Gasteiger partial charge in [0.2, 0.25) is 10.0 Å². The van der Waals surface area contributed by atoms with Gasteiger partial charge in [0.05, 0.1) is 5.75 Å². The Morgan fingerprint density at radius 2 is 1.80 bits per heavy atom. The van der Waals surface area contributed by atoms with E-state index in [0.29, 0.717) is 37.2 Å². The molecule has 25 heavy (non-hydrogen) atoms. The zero-order valence-corrected chi connectivity index (χ0v) is 15.8. The van der Waals surface area contributed by atoms with E-state index in [4.69, 9.17) is 10.5 Å². The van der Waals surface area contributed by atoms with Crippen LogP contribution in [0.2, 0.25) is 0 Å². The highest BCUT2D eigenvalue weighted by Crippen LogP contribution is 2.19. The van der Waals surface area contributed by atoms with Crippen LogP contribution in [0.5, 0.6) is 0 Å². The second kappa shape index (κ2) is 7.61. The van der Waals surface area contributed by atoms with Crippen molar-refractivity contribution in [2.24, 2.45) is 0 Å². The number of nitrogens with one attached hydrogen (secondary N) is 1. The van der Waals surface area contributed by atoms with Gasteiger partial charge in [-0.25, -0.2) is 17.5 Å². The van der Waals surface area contributed by atoms with Crippen LogP contribution in [0, 0.1) is 0 Å². The summed E-state index contributed by atoms with van der Waals surface area (Å²) in [5, 5.41) is 2.81. The average molecular weight is 369 g/mol. The summed E-state index contributed by atoms with van der Waals surface area (Å²) in [7, 11) is -3.38. The molecular formula is C17H27N3O4S. The maximum absolute atomic E-state index is 12.5. The van der Waals surface area contributed by atoms with Gasteiger partial charge in [0.15, 0.2) is 0 Å². The summed E-state index contributed by atoms with van der Waals surface area (Å²) in [6.07, 6.45) is 0.677. The standard InChI is InChI=1S/C17H27N3O4S/c1-17(2,3)24-16(21)19-15-8-10-20(11-9-15)25(22,23)12-13-4-6-14(18)7-5-13/h4-7,15H,8-12,18H2,1-3H3,(H,19,21). The van der Waals surface area contributed by atoms with E-state index in [2.05, 4.69) is 5.32 Å². The number of hydrogen-bond acceptors (Lipinski definition) is 5. The van der Waals surface area contributed by atoms with Gasteiger partial charge < -0.3 is 15.8 Å².